The van der Waals surface area contributed by atoms with Crippen molar-refractivity contribution in [1.29, 1.82) is 0 Å². The van der Waals surface area contributed by atoms with Gasteiger partial charge in [0.15, 0.2) is 6.10 Å². The summed E-state index contributed by atoms with van der Waals surface area (Å²) in [5.74, 6) is -1.26. The lowest BCUT2D eigenvalue weighted by atomic mass is 10.1. The highest BCUT2D eigenvalue weighted by Gasteiger charge is 2.20. The number of imidazole rings is 1. The van der Waals surface area contributed by atoms with Gasteiger partial charge >= 0.3 is 5.97 Å². The Hall–Kier alpha value is -1.15. The standard InChI is InChI=1S/C9H7IN2O3/c10-6-4(8(13)9(14)15)1-2-5-7(6)12-3-11-5/h1-3,8,13H,(H,11,12)(H,14,15). The van der Waals surface area contributed by atoms with Crippen LogP contribution in [0.15, 0.2) is 18.5 Å². The van der Waals surface area contributed by atoms with Crippen LogP contribution in [0.1, 0.15) is 11.7 Å². The predicted octanol–water partition coefficient (Wildman–Crippen LogP) is 1.29. The molecule has 5 nitrogen and oxygen atoms in total. The number of aliphatic carboxylic acids is 1. The molecule has 1 aromatic heterocycles. The van der Waals surface area contributed by atoms with Crippen LogP contribution >= 0.6 is 22.6 Å². The van der Waals surface area contributed by atoms with Crippen LogP contribution < -0.4 is 0 Å². The molecule has 78 valence electrons. The number of carboxylic acids is 1. The van der Waals surface area contributed by atoms with E-state index < -0.39 is 12.1 Å². The fraction of sp³-hybridized carbons (Fsp3) is 0.111. The first-order chi connectivity index (χ1) is 7.11. The van der Waals surface area contributed by atoms with Crippen LogP contribution in [0, 0.1) is 3.57 Å². The molecule has 0 amide bonds. The molecular formula is C9H7IN2O3. The summed E-state index contributed by atoms with van der Waals surface area (Å²) < 4.78 is 0.654. The Morgan fingerprint density at radius 1 is 1.53 bits per heavy atom. The smallest absolute Gasteiger partial charge is 0.337 e. The minimum atomic E-state index is -1.50. The summed E-state index contributed by atoms with van der Waals surface area (Å²) in [4.78, 5) is 17.6. The lowest BCUT2D eigenvalue weighted by Crippen LogP contribution is -2.11. The minimum absolute atomic E-state index is 0.364. The van der Waals surface area contributed by atoms with E-state index in [0.29, 0.717) is 14.7 Å². The summed E-state index contributed by atoms with van der Waals surface area (Å²) in [6, 6.07) is 3.28. The first-order valence-electron chi connectivity index (χ1n) is 4.13. The van der Waals surface area contributed by atoms with Gasteiger partial charge in [-0.15, -0.1) is 0 Å². The second-order valence-electron chi connectivity index (χ2n) is 3.01. The summed E-state index contributed by atoms with van der Waals surface area (Å²) in [6.07, 6.45) is 0.0297. The molecule has 0 aliphatic carbocycles. The van der Waals surface area contributed by atoms with Gasteiger partial charge in [-0.1, -0.05) is 6.07 Å². The van der Waals surface area contributed by atoms with Crippen molar-refractivity contribution in [2.24, 2.45) is 0 Å². The summed E-state index contributed by atoms with van der Waals surface area (Å²) in [5, 5.41) is 18.1. The first-order valence-corrected chi connectivity index (χ1v) is 5.21. The number of hydrogen-bond donors (Lipinski definition) is 3. The Labute approximate surface area is 98.3 Å². The van der Waals surface area contributed by atoms with E-state index in [1.165, 1.54) is 6.33 Å². The number of carbonyl (C=O) groups is 1. The fourth-order valence-corrected chi connectivity index (χ4v) is 2.24. The number of benzene rings is 1. The number of aromatic amines is 1. The largest absolute Gasteiger partial charge is 0.479 e. The van der Waals surface area contributed by atoms with E-state index >= 15 is 0 Å². The number of fused-ring (bicyclic) bond motifs is 1. The van der Waals surface area contributed by atoms with Crippen molar-refractivity contribution < 1.29 is 15.0 Å². The number of nitrogens with one attached hydrogen (secondary N) is 1. The molecule has 1 unspecified atom stereocenters. The molecule has 0 fully saturated rings. The molecule has 6 heteroatoms. The quantitative estimate of drug-likeness (QED) is 0.728. The number of carboxylic acid groups (broad SMARTS) is 1. The minimum Gasteiger partial charge on any atom is -0.479 e. The van der Waals surface area contributed by atoms with Gasteiger partial charge in [0, 0.05) is 9.13 Å². The molecule has 0 aliphatic heterocycles. The zero-order valence-electron chi connectivity index (χ0n) is 7.44. The lowest BCUT2D eigenvalue weighted by molar-refractivity contribution is -0.147. The number of halogens is 1. The van der Waals surface area contributed by atoms with Crippen molar-refractivity contribution in [3.63, 3.8) is 0 Å². The molecule has 0 aliphatic rings. The number of nitrogens with zero attached hydrogens (tertiary/aromatic N) is 1. The molecule has 0 spiro atoms. The molecule has 1 atom stereocenters. The molecule has 2 rings (SSSR count). The van der Waals surface area contributed by atoms with Gasteiger partial charge in [0.25, 0.3) is 0 Å². The van der Waals surface area contributed by atoms with Gasteiger partial charge in [0.2, 0.25) is 0 Å². The number of aromatic nitrogens is 2. The molecular weight excluding hydrogens is 311 g/mol. The third kappa shape index (κ3) is 1.70. The number of H-pyrrole nitrogens is 1. The van der Waals surface area contributed by atoms with Gasteiger partial charge in [-0.25, -0.2) is 9.78 Å². The average Bonchev–Trinajstić information content (AvgIpc) is 2.66. The average molecular weight is 318 g/mol. The van der Waals surface area contributed by atoms with Crippen molar-refractivity contribution in [2.45, 2.75) is 6.10 Å². The van der Waals surface area contributed by atoms with Crippen molar-refractivity contribution in [3.8, 4) is 0 Å². The van der Waals surface area contributed by atoms with Crippen molar-refractivity contribution >= 4 is 39.6 Å². The molecule has 0 bridgehead atoms. The van der Waals surface area contributed by atoms with Gasteiger partial charge in [0.05, 0.1) is 11.8 Å². The zero-order valence-corrected chi connectivity index (χ0v) is 9.59. The maximum atomic E-state index is 10.6. The highest BCUT2D eigenvalue weighted by molar-refractivity contribution is 14.1. The van der Waals surface area contributed by atoms with Crippen LogP contribution in [0.2, 0.25) is 0 Å². The second-order valence-corrected chi connectivity index (χ2v) is 4.09. The molecule has 0 saturated heterocycles. The Morgan fingerprint density at radius 2 is 2.27 bits per heavy atom. The summed E-state index contributed by atoms with van der Waals surface area (Å²) in [7, 11) is 0. The molecule has 3 N–H and O–H groups in total. The van der Waals surface area contributed by atoms with E-state index in [0.717, 1.165) is 5.52 Å². The third-order valence-electron chi connectivity index (χ3n) is 2.09. The second kappa shape index (κ2) is 3.78. The highest BCUT2D eigenvalue weighted by atomic mass is 127. The van der Waals surface area contributed by atoms with Crippen molar-refractivity contribution in [3.05, 3.63) is 27.6 Å². The maximum absolute atomic E-state index is 10.6. The van der Waals surface area contributed by atoms with Crippen LogP contribution in [0.25, 0.3) is 11.0 Å². The normalized spacial score (nSPS) is 12.9. The fourth-order valence-electron chi connectivity index (χ4n) is 1.33. The Kier molecular flexibility index (Phi) is 2.61. The van der Waals surface area contributed by atoms with Gasteiger partial charge < -0.3 is 15.2 Å². The van der Waals surface area contributed by atoms with Crippen LogP contribution in [0.3, 0.4) is 0 Å². The molecule has 1 heterocycles. The molecule has 0 saturated carbocycles. The SMILES string of the molecule is O=C(O)C(O)c1ccc2[nH]cnc2c1I. The number of rotatable bonds is 2. The summed E-state index contributed by atoms with van der Waals surface area (Å²) >= 11 is 1.98. The molecule has 0 radical (unpaired) electrons. The van der Waals surface area contributed by atoms with Crippen LogP contribution in [-0.4, -0.2) is 26.2 Å². The molecule has 1 aromatic carbocycles. The van der Waals surface area contributed by atoms with E-state index in [1.807, 2.05) is 22.6 Å². The van der Waals surface area contributed by atoms with E-state index in [1.54, 1.807) is 12.1 Å². The highest BCUT2D eigenvalue weighted by Crippen LogP contribution is 2.26. The number of aliphatic hydroxyl groups is 1. The number of aliphatic hydroxyl groups excluding tert-OH is 1. The van der Waals surface area contributed by atoms with E-state index in [2.05, 4.69) is 9.97 Å². The predicted molar refractivity (Wildman–Crippen MR) is 61.4 cm³/mol. The molecule has 2 aromatic rings. The van der Waals surface area contributed by atoms with Crippen molar-refractivity contribution in [1.82, 2.24) is 9.97 Å². The topological polar surface area (TPSA) is 86.2 Å². The van der Waals surface area contributed by atoms with Gasteiger partial charge in [-0.2, -0.15) is 0 Å². The Balaban J connectivity index is 2.62. The summed E-state index contributed by atoms with van der Waals surface area (Å²) in [6.45, 7) is 0. The van der Waals surface area contributed by atoms with Crippen molar-refractivity contribution in [2.75, 3.05) is 0 Å². The van der Waals surface area contributed by atoms with E-state index in [4.69, 9.17) is 5.11 Å². The van der Waals surface area contributed by atoms with Crippen LogP contribution in [0.4, 0.5) is 0 Å². The monoisotopic (exact) mass is 318 g/mol. The van der Waals surface area contributed by atoms with Crippen LogP contribution in [-0.2, 0) is 4.79 Å². The van der Waals surface area contributed by atoms with Gasteiger partial charge in [-0.3, -0.25) is 0 Å². The third-order valence-corrected chi connectivity index (χ3v) is 3.22. The van der Waals surface area contributed by atoms with E-state index in [-0.39, 0.29) is 0 Å². The lowest BCUT2D eigenvalue weighted by Gasteiger charge is -2.08. The Bertz CT molecular complexity index is 523. The van der Waals surface area contributed by atoms with Gasteiger partial charge in [-0.05, 0) is 28.7 Å². The first kappa shape index (κ1) is 10.4. The zero-order chi connectivity index (χ0) is 11.0. The van der Waals surface area contributed by atoms with Crippen LogP contribution in [0.5, 0.6) is 0 Å². The Morgan fingerprint density at radius 3 is 2.93 bits per heavy atom. The maximum Gasteiger partial charge on any atom is 0.337 e. The number of hydrogen-bond acceptors (Lipinski definition) is 3. The van der Waals surface area contributed by atoms with Gasteiger partial charge in [0.1, 0.15) is 5.52 Å². The summed E-state index contributed by atoms with van der Waals surface area (Å²) in [5.41, 5.74) is 1.86. The molecule has 15 heavy (non-hydrogen) atoms. The van der Waals surface area contributed by atoms with E-state index in [9.17, 15) is 9.90 Å².